The van der Waals surface area contributed by atoms with Gasteiger partial charge in [0, 0.05) is 5.92 Å². The summed E-state index contributed by atoms with van der Waals surface area (Å²) in [5, 5.41) is 0. The fourth-order valence-electron chi connectivity index (χ4n) is 3.64. The first kappa shape index (κ1) is 13.4. The highest BCUT2D eigenvalue weighted by molar-refractivity contribution is 5.66. The largest absolute Gasteiger partial charge is 0.0838 e. The maximum atomic E-state index is 2.52. The number of aryl methyl sites for hydroxylation is 1. The fraction of sp³-hybridized carbons (Fsp3) is 0.400. The minimum atomic E-state index is 0.555. The van der Waals surface area contributed by atoms with Crippen molar-refractivity contribution in [1.82, 2.24) is 0 Å². The van der Waals surface area contributed by atoms with E-state index in [2.05, 4.69) is 49.4 Å². The molecule has 1 aromatic rings. The van der Waals surface area contributed by atoms with E-state index in [0.717, 1.165) is 0 Å². The quantitative estimate of drug-likeness (QED) is 0.530. The van der Waals surface area contributed by atoms with Crippen molar-refractivity contribution in [2.75, 3.05) is 0 Å². The highest BCUT2D eigenvalue weighted by Crippen LogP contribution is 2.44. The van der Waals surface area contributed by atoms with E-state index in [1.807, 2.05) is 13.8 Å². The summed E-state index contributed by atoms with van der Waals surface area (Å²) in [6, 6.07) is 6.80. The first-order valence-electron chi connectivity index (χ1n) is 8.03. The molecule has 104 valence electrons. The molecule has 0 aliphatic heterocycles. The third-order valence-electron chi connectivity index (χ3n) is 4.74. The van der Waals surface area contributed by atoms with Crippen LogP contribution >= 0.6 is 0 Å². The summed E-state index contributed by atoms with van der Waals surface area (Å²) < 4.78 is 0. The second kappa shape index (κ2) is 5.44. The molecule has 2 unspecified atom stereocenters. The SMILES string of the molecule is CC.CC1CC=C2CCc3cccc4c3C2C=C1C=C4. The van der Waals surface area contributed by atoms with Gasteiger partial charge in [-0.25, -0.2) is 0 Å². The van der Waals surface area contributed by atoms with Crippen LogP contribution in [0.5, 0.6) is 0 Å². The lowest BCUT2D eigenvalue weighted by Crippen LogP contribution is -2.12. The molecule has 0 radical (unpaired) electrons. The number of hydrogen-bond acceptors (Lipinski definition) is 0. The number of allylic oxidation sites excluding steroid dienone is 5. The van der Waals surface area contributed by atoms with Gasteiger partial charge in [0.25, 0.3) is 0 Å². The zero-order valence-electron chi connectivity index (χ0n) is 12.8. The number of rotatable bonds is 0. The molecule has 4 rings (SSSR count). The molecule has 0 N–H and O–H groups in total. The summed E-state index contributed by atoms with van der Waals surface area (Å²) in [6.07, 6.45) is 13.4. The third-order valence-corrected chi connectivity index (χ3v) is 4.74. The molecule has 0 heterocycles. The summed E-state index contributed by atoms with van der Waals surface area (Å²) in [5.41, 5.74) is 7.75. The molecule has 0 spiro atoms. The zero-order chi connectivity index (χ0) is 14.1. The van der Waals surface area contributed by atoms with Crippen LogP contribution in [-0.2, 0) is 6.42 Å². The first-order valence-corrected chi connectivity index (χ1v) is 8.03. The van der Waals surface area contributed by atoms with Gasteiger partial charge in [0.1, 0.15) is 0 Å². The molecular formula is C20H24. The molecule has 20 heavy (non-hydrogen) atoms. The second-order valence-corrected chi connectivity index (χ2v) is 5.81. The monoisotopic (exact) mass is 264 g/mol. The molecule has 3 aliphatic rings. The second-order valence-electron chi connectivity index (χ2n) is 5.81. The van der Waals surface area contributed by atoms with E-state index in [9.17, 15) is 0 Å². The normalized spacial score (nSPS) is 25.6. The van der Waals surface area contributed by atoms with E-state index in [1.165, 1.54) is 30.4 Å². The van der Waals surface area contributed by atoms with Gasteiger partial charge in [-0.05, 0) is 47.4 Å². The first-order chi connectivity index (χ1) is 9.83. The molecule has 0 amide bonds. The van der Waals surface area contributed by atoms with E-state index in [4.69, 9.17) is 0 Å². The maximum Gasteiger partial charge on any atom is 0.0242 e. The van der Waals surface area contributed by atoms with E-state index in [-0.39, 0.29) is 0 Å². The van der Waals surface area contributed by atoms with Gasteiger partial charge in [0.15, 0.2) is 0 Å². The lowest BCUT2D eigenvalue weighted by Gasteiger charge is -2.27. The van der Waals surface area contributed by atoms with Crippen LogP contribution in [0.15, 0.2) is 47.6 Å². The molecule has 0 fully saturated rings. The van der Waals surface area contributed by atoms with Gasteiger partial charge in [-0.15, -0.1) is 0 Å². The summed E-state index contributed by atoms with van der Waals surface area (Å²) in [7, 11) is 0. The molecule has 2 atom stereocenters. The Hall–Kier alpha value is -1.56. The van der Waals surface area contributed by atoms with Gasteiger partial charge in [0.2, 0.25) is 0 Å². The van der Waals surface area contributed by atoms with Crippen LogP contribution in [0.4, 0.5) is 0 Å². The third kappa shape index (κ3) is 2.08. The van der Waals surface area contributed by atoms with Crippen molar-refractivity contribution < 1.29 is 0 Å². The Labute approximate surface area is 122 Å². The molecule has 0 saturated carbocycles. The highest BCUT2D eigenvalue weighted by Gasteiger charge is 2.28. The summed E-state index contributed by atoms with van der Waals surface area (Å²) in [6.45, 7) is 6.35. The molecule has 2 bridgehead atoms. The van der Waals surface area contributed by atoms with E-state index in [1.54, 1.807) is 16.7 Å². The van der Waals surface area contributed by atoms with Crippen molar-refractivity contribution in [1.29, 1.82) is 0 Å². The molecular weight excluding hydrogens is 240 g/mol. The Kier molecular flexibility index (Phi) is 3.65. The van der Waals surface area contributed by atoms with Gasteiger partial charge in [-0.1, -0.05) is 68.8 Å². The topological polar surface area (TPSA) is 0 Å². The van der Waals surface area contributed by atoms with E-state index in [0.29, 0.717) is 11.8 Å². The molecule has 0 aromatic heterocycles. The average Bonchev–Trinajstić information content (AvgIpc) is 2.79. The minimum absolute atomic E-state index is 0.555. The Bertz CT molecular complexity index is 598. The van der Waals surface area contributed by atoms with Crippen molar-refractivity contribution in [2.24, 2.45) is 5.92 Å². The van der Waals surface area contributed by atoms with Gasteiger partial charge in [0.05, 0.1) is 0 Å². The summed E-state index contributed by atoms with van der Waals surface area (Å²) in [5.74, 6) is 1.22. The lowest BCUT2D eigenvalue weighted by molar-refractivity contribution is 0.713. The average molecular weight is 264 g/mol. The number of benzene rings is 1. The van der Waals surface area contributed by atoms with Crippen LogP contribution in [0.2, 0.25) is 0 Å². The van der Waals surface area contributed by atoms with Gasteiger partial charge < -0.3 is 0 Å². The van der Waals surface area contributed by atoms with Crippen LogP contribution < -0.4 is 0 Å². The van der Waals surface area contributed by atoms with Crippen LogP contribution in [0.1, 0.15) is 56.2 Å². The van der Waals surface area contributed by atoms with Crippen molar-refractivity contribution in [3.63, 3.8) is 0 Å². The van der Waals surface area contributed by atoms with Crippen molar-refractivity contribution in [2.45, 2.75) is 46.0 Å². The smallest absolute Gasteiger partial charge is 0.0242 e. The van der Waals surface area contributed by atoms with Gasteiger partial charge >= 0.3 is 0 Å². The minimum Gasteiger partial charge on any atom is -0.0838 e. The molecule has 0 saturated heterocycles. The number of hydrogen-bond donors (Lipinski definition) is 0. The van der Waals surface area contributed by atoms with E-state index >= 15 is 0 Å². The molecule has 0 nitrogen and oxygen atoms in total. The fourth-order valence-corrected chi connectivity index (χ4v) is 3.64. The molecule has 1 aromatic carbocycles. The van der Waals surface area contributed by atoms with Crippen molar-refractivity contribution >= 4 is 6.08 Å². The summed E-state index contributed by atoms with van der Waals surface area (Å²) in [4.78, 5) is 0. The van der Waals surface area contributed by atoms with Crippen LogP contribution in [0.3, 0.4) is 0 Å². The predicted octanol–water partition coefficient (Wildman–Crippen LogP) is 5.66. The Morgan fingerprint density at radius 2 is 1.90 bits per heavy atom. The van der Waals surface area contributed by atoms with E-state index < -0.39 is 0 Å². The van der Waals surface area contributed by atoms with Crippen molar-refractivity contribution in [3.05, 3.63) is 64.3 Å². The lowest BCUT2D eigenvalue weighted by atomic mass is 9.77. The van der Waals surface area contributed by atoms with Crippen LogP contribution in [0, 0.1) is 5.92 Å². The molecule has 0 heteroatoms. The Morgan fingerprint density at radius 3 is 2.75 bits per heavy atom. The van der Waals surface area contributed by atoms with Gasteiger partial charge in [-0.3, -0.25) is 0 Å². The maximum absolute atomic E-state index is 2.52. The highest BCUT2D eigenvalue weighted by atomic mass is 14.3. The zero-order valence-corrected chi connectivity index (χ0v) is 12.8. The Morgan fingerprint density at radius 1 is 1.05 bits per heavy atom. The molecule has 3 aliphatic carbocycles. The summed E-state index contributed by atoms with van der Waals surface area (Å²) >= 11 is 0. The Balaban J connectivity index is 0.000000581. The van der Waals surface area contributed by atoms with Crippen LogP contribution in [-0.4, -0.2) is 0 Å². The van der Waals surface area contributed by atoms with Crippen molar-refractivity contribution in [3.8, 4) is 0 Å². The predicted molar refractivity (Wildman–Crippen MR) is 87.8 cm³/mol. The van der Waals surface area contributed by atoms with Gasteiger partial charge in [-0.2, -0.15) is 0 Å². The standard InChI is InChI=1S/C18H18.C2H6/c1-12-5-6-13-7-8-14-3-2-4-15-9-10-16(12)11-17(13)18(14)15;1-2/h2-4,6,9-12,17H,5,7-8H2,1H3;1-2H3. The van der Waals surface area contributed by atoms with Crippen LogP contribution in [0.25, 0.3) is 6.08 Å².